The highest BCUT2D eigenvalue weighted by Crippen LogP contribution is 2.36. The molecule has 0 atom stereocenters. The van der Waals surface area contributed by atoms with E-state index in [4.69, 9.17) is 4.98 Å². The van der Waals surface area contributed by atoms with Gasteiger partial charge in [-0.15, -0.1) is 0 Å². The van der Waals surface area contributed by atoms with Crippen molar-refractivity contribution in [1.29, 1.82) is 0 Å². The van der Waals surface area contributed by atoms with Gasteiger partial charge in [-0.1, -0.05) is 0 Å². The Hall–Kier alpha value is -3.80. The molecule has 1 aliphatic heterocycles. The molecule has 1 saturated heterocycles. The van der Waals surface area contributed by atoms with Crippen LogP contribution in [-0.4, -0.2) is 92.6 Å². The Morgan fingerprint density at radius 3 is 2.55 bits per heavy atom. The average molecular weight is 600 g/mol. The predicted molar refractivity (Wildman–Crippen MR) is 174 cm³/mol. The SMILES string of the molecule is Cc1c(-c2cc(C(=O)Nc3nc4ccc(N5CCC(NCCN(C)C)CC5)cc4n3[C@H]3CC[C@@H](O)CC3)ccn2)cnn1C. The molecule has 3 aromatic heterocycles. The van der Waals surface area contributed by atoms with Crippen molar-refractivity contribution in [2.75, 3.05) is 50.5 Å². The maximum Gasteiger partial charge on any atom is 0.258 e. The maximum atomic E-state index is 13.6. The first-order chi connectivity index (χ1) is 21.3. The molecule has 4 aromatic rings. The molecular weight excluding hydrogens is 554 g/mol. The lowest BCUT2D eigenvalue weighted by Gasteiger charge is -2.34. The summed E-state index contributed by atoms with van der Waals surface area (Å²) in [5.74, 6) is 0.315. The zero-order chi connectivity index (χ0) is 30.8. The van der Waals surface area contributed by atoms with Crippen molar-refractivity contribution in [3.05, 3.63) is 54.0 Å². The number of hydrogen-bond donors (Lipinski definition) is 3. The van der Waals surface area contributed by atoms with Crippen molar-refractivity contribution < 1.29 is 9.90 Å². The minimum absolute atomic E-state index is 0.145. The Morgan fingerprint density at radius 1 is 1.07 bits per heavy atom. The molecule has 6 rings (SSSR count). The number of pyridine rings is 1. The number of aryl methyl sites for hydroxylation is 1. The van der Waals surface area contributed by atoms with E-state index in [1.807, 2.05) is 14.0 Å². The molecule has 0 spiro atoms. The van der Waals surface area contributed by atoms with Gasteiger partial charge in [-0.3, -0.25) is 19.8 Å². The Labute approximate surface area is 259 Å². The number of rotatable bonds is 9. The van der Waals surface area contributed by atoms with Gasteiger partial charge in [0.25, 0.3) is 5.91 Å². The minimum Gasteiger partial charge on any atom is -0.393 e. The Bertz CT molecular complexity index is 1590. The number of aliphatic hydroxyl groups is 1. The number of imidazole rings is 1. The number of carbonyl (C=O) groups excluding carboxylic acids is 1. The van der Waals surface area contributed by atoms with Crippen LogP contribution in [0.5, 0.6) is 0 Å². The molecule has 1 aliphatic carbocycles. The first-order valence-electron chi connectivity index (χ1n) is 15.9. The lowest BCUT2D eigenvalue weighted by Crippen LogP contribution is -2.44. The van der Waals surface area contributed by atoms with Crippen LogP contribution in [0, 0.1) is 6.92 Å². The second-order valence-electron chi connectivity index (χ2n) is 12.6. The van der Waals surface area contributed by atoms with Gasteiger partial charge < -0.3 is 24.8 Å². The van der Waals surface area contributed by atoms with Gasteiger partial charge in [-0.25, -0.2) is 4.98 Å². The number of aliphatic hydroxyl groups excluding tert-OH is 1. The number of benzene rings is 1. The Morgan fingerprint density at radius 2 is 1.84 bits per heavy atom. The highest BCUT2D eigenvalue weighted by molar-refractivity contribution is 6.04. The second-order valence-corrected chi connectivity index (χ2v) is 12.6. The first-order valence-corrected chi connectivity index (χ1v) is 15.9. The van der Waals surface area contributed by atoms with Crippen LogP contribution >= 0.6 is 0 Å². The van der Waals surface area contributed by atoms with Crippen molar-refractivity contribution in [2.45, 2.75) is 63.6 Å². The summed E-state index contributed by atoms with van der Waals surface area (Å²) < 4.78 is 4.00. The first kappa shape index (κ1) is 30.2. The average Bonchev–Trinajstić information content (AvgIpc) is 3.55. The molecule has 2 aliphatic rings. The zero-order valence-corrected chi connectivity index (χ0v) is 26.3. The lowest BCUT2D eigenvalue weighted by atomic mass is 9.93. The van der Waals surface area contributed by atoms with Gasteiger partial charge in [0.2, 0.25) is 5.95 Å². The fourth-order valence-electron chi connectivity index (χ4n) is 6.53. The molecule has 11 nitrogen and oxygen atoms in total. The summed E-state index contributed by atoms with van der Waals surface area (Å²) >= 11 is 0. The van der Waals surface area contributed by atoms with Crippen LogP contribution in [0.3, 0.4) is 0 Å². The molecule has 0 bridgehead atoms. The van der Waals surface area contributed by atoms with E-state index in [0.717, 1.165) is 87.0 Å². The molecule has 234 valence electrons. The molecular formula is C33H45N9O2. The van der Waals surface area contributed by atoms with Crippen LogP contribution in [0.25, 0.3) is 22.3 Å². The third-order valence-electron chi connectivity index (χ3n) is 9.32. The van der Waals surface area contributed by atoms with Gasteiger partial charge in [-0.2, -0.15) is 5.10 Å². The third kappa shape index (κ3) is 6.50. The van der Waals surface area contributed by atoms with E-state index in [-0.39, 0.29) is 18.1 Å². The van der Waals surface area contributed by atoms with Crippen LogP contribution in [0.15, 0.2) is 42.7 Å². The predicted octanol–water partition coefficient (Wildman–Crippen LogP) is 3.99. The molecule has 1 saturated carbocycles. The molecule has 44 heavy (non-hydrogen) atoms. The van der Waals surface area contributed by atoms with Crippen molar-refractivity contribution in [1.82, 2.24) is 34.5 Å². The number of nitrogens with zero attached hydrogens (tertiary/aromatic N) is 7. The third-order valence-corrected chi connectivity index (χ3v) is 9.32. The summed E-state index contributed by atoms with van der Waals surface area (Å²) in [6.45, 7) is 6.04. The number of carbonyl (C=O) groups is 1. The monoisotopic (exact) mass is 599 g/mol. The number of anilines is 2. The molecule has 1 amide bonds. The number of fused-ring (bicyclic) bond motifs is 1. The van der Waals surface area contributed by atoms with Gasteiger partial charge in [-0.05, 0) is 89.9 Å². The van der Waals surface area contributed by atoms with E-state index in [1.54, 1.807) is 29.2 Å². The van der Waals surface area contributed by atoms with E-state index in [9.17, 15) is 9.90 Å². The van der Waals surface area contributed by atoms with E-state index in [2.05, 4.69) is 67.4 Å². The van der Waals surface area contributed by atoms with Gasteiger partial charge in [0, 0.05) is 74.0 Å². The Kier molecular flexibility index (Phi) is 8.97. The molecule has 11 heteroatoms. The molecule has 0 unspecified atom stereocenters. The van der Waals surface area contributed by atoms with E-state index >= 15 is 0 Å². The van der Waals surface area contributed by atoms with Crippen molar-refractivity contribution in [2.24, 2.45) is 7.05 Å². The Balaban J connectivity index is 1.25. The summed E-state index contributed by atoms with van der Waals surface area (Å²) in [5, 5.41) is 21.4. The number of amides is 1. The maximum absolute atomic E-state index is 13.6. The summed E-state index contributed by atoms with van der Waals surface area (Å²) in [6.07, 6.45) is 8.54. The highest BCUT2D eigenvalue weighted by Gasteiger charge is 2.27. The van der Waals surface area contributed by atoms with Gasteiger partial charge in [0.15, 0.2) is 0 Å². The second kappa shape index (κ2) is 13.1. The minimum atomic E-state index is -0.270. The van der Waals surface area contributed by atoms with Gasteiger partial charge in [0.1, 0.15) is 0 Å². The smallest absolute Gasteiger partial charge is 0.258 e. The number of aromatic nitrogens is 5. The van der Waals surface area contributed by atoms with E-state index in [0.29, 0.717) is 23.2 Å². The normalized spacial score (nSPS) is 19.6. The molecule has 1 aromatic carbocycles. The van der Waals surface area contributed by atoms with E-state index in [1.165, 1.54) is 5.69 Å². The summed E-state index contributed by atoms with van der Waals surface area (Å²) in [4.78, 5) is 27.7. The standard InChI is InChI=1S/C33H45N9O2/c1-22-28(21-36-40(22)4)30-19-23(11-14-35-30)32(44)38-33-37-29-10-7-26(20-31(29)42(33)25-5-8-27(43)9-6-25)41-16-12-24(13-17-41)34-15-18-39(2)3/h7,10-11,14,19-21,24-25,27,34,43H,5-6,8-9,12-13,15-18H2,1-4H3,(H,37,38,44)/t25-,27+. The number of hydrogen-bond acceptors (Lipinski definition) is 8. The number of likely N-dealkylation sites (N-methyl/N-ethyl adjacent to an activating group) is 1. The summed E-state index contributed by atoms with van der Waals surface area (Å²) in [7, 11) is 6.11. The molecule has 0 radical (unpaired) electrons. The van der Waals surface area contributed by atoms with Crippen molar-refractivity contribution in [3.63, 3.8) is 0 Å². The molecule has 2 fully saturated rings. The largest absolute Gasteiger partial charge is 0.393 e. The summed E-state index contributed by atoms with van der Waals surface area (Å²) in [6, 6.07) is 10.7. The summed E-state index contributed by atoms with van der Waals surface area (Å²) in [5.41, 5.74) is 6.17. The van der Waals surface area contributed by atoms with Crippen LogP contribution in [0.1, 0.15) is 60.6 Å². The quantitative estimate of drug-likeness (QED) is 0.265. The van der Waals surface area contributed by atoms with Gasteiger partial charge >= 0.3 is 0 Å². The zero-order valence-electron chi connectivity index (χ0n) is 26.3. The lowest BCUT2D eigenvalue weighted by molar-refractivity contribution is 0.102. The molecule has 3 N–H and O–H groups in total. The number of nitrogens with one attached hydrogen (secondary N) is 2. The van der Waals surface area contributed by atoms with Crippen LogP contribution < -0.4 is 15.5 Å². The van der Waals surface area contributed by atoms with Crippen LogP contribution in [-0.2, 0) is 7.05 Å². The van der Waals surface area contributed by atoms with Gasteiger partial charge in [0.05, 0.1) is 29.0 Å². The van der Waals surface area contributed by atoms with Crippen LogP contribution in [0.2, 0.25) is 0 Å². The van der Waals surface area contributed by atoms with Crippen molar-refractivity contribution >= 4 is 28.6 Å². The fourth-order valence-corrected chi connectivity index (χ4v) is 6.53. The molecule has 4 heterocycles. The van der Waals surface area contributed by atoms with Crippen molar-refractivity contribution in [3.8, 4) is 11.3 Å². The van der Waals surface area contributed by atoms with E-state index < -0.39 is 0 Å². The fraction of sp³-hybridized carbons (Fsp3) is 0.515. The highest BCUT2D eigenvalue weighted by atomic mass is 16.3. The number of piperidine rings is 1. The topological polar surface area (TPSA) is 116 Å². The van der Waals surface area contributed by atoms with Crippen LogP contribution in [0.4, 0.5) is 11.6 Å².